The first-order valence-corrected chi connectivity index (χ1v) is 10.4. The van der Waals surface area contributed by atoms with Crippen LogP contribution in [-0.2, 0) is 4.74 Å². The molecule has 154 valence electrons. The Morgan fingerprint density at radius 1 is 1.17 bits per heavy atom. The number of carbonyl (C=O) groups is 1. The smallest absolute Gasteiger partial charge is 0.256 e. The lowest BCUT2D eigenvalue weighted by atomic mass is 10.2. The van der Waals surface area contributed by atoms with Gasteiger partial charge in [-0.25, -0.2) is 4.99 Å². The first kappa shape index (κ1) is 22.5. The van der Waals surface area contributed by atoms with Crippen LogP contribution < -0.4 is 14.8 Å². The van der Waals surface area contributed by atoms with E-state index in [1.807, 2.05) is 49.8 Å². The first-order chi connectivity index (χ1) is 14.0. The molecule has 0 heterocycles. The van der Waals surface area contributed by atoms with Gasteiger partial charge in [-0.05, 0) is 49.8 Å². The molecule has 1 atom stereocenters. The maximum atomic E-state index is 12.5. The van der Waals surface area contributed by atoms with Crippen molar-refractivity contribution in [2.75, 3.05) is 20.0 Å². The van der Waals surface area contributed by atoms with Crippen molar-refractivity contribution in [2.45, 2.75) is 20.0 Å². The van der Waals surface area contributed by atoms with Crippen LogP contribution in [0.3, 0.4) is 0 Å². The van der Waals surface area contributed by atoms with Crippen molar-refractivity contribution in [3.8, 4) is 17.2 Å². The zero-order chi connectivity index (χ0) is 21.1. The van der Waals surface area contributed by atoms with E-state index in [0.717, 1.165) is 5.56 Å². The number of hydrogen-bond donors (Lipinski definition) is 1. The number of amides is 1. The molecule has 2 aromatic rings. The normalized spacial score (nSPS) is 12.3. The average molecular weight is 415 g/mol. The molecule has 1 amide bonds. The topological polar surface area (TPSA) is 69.2 Å². The molecule has 0 spiro atoms. The summed E-state index contributed by atoms with van der Waals surface area (Å²) >= 11 is 1.52. The van der Waals surface area contributed by atoms with E-state index in [1.165, 1.54) is 18.1 Å². The summed E-state index contributed by atoms with van der Waals surface area (Å²) in [7, 11) is 1.61. The Morgan fingerprint density at radius 2 is 1.90 bits per heavy atom. The molecule has 2 aromatic carbocycles. The summed E-state index contributed by atoms with van der Waals surface area (Å²) < 4.78 is 16.9. The molecular weight excluding hydrogens is 388 g/mol. The van der Waals surface area contributed by atoms with Crippen LogP contribution in [0.4, 0.5) is 0 Å². The van der Waals surface area contributed by atoms with Crippen molar-refractivity contribution in [2.24, 2.45) is 4.99 Å². The predicted octanol–water partition coefficient (Wildman–Crippen LogP) is 4.79. The fourth-order valence-electron chi connectivity index (χ4n) is 2.39. The molecule has 0 aromatic heterocycles. The lowest BCUT2D eigenvalue weighted by Gasteiger charge is -2.16. The van der Waals surface area contributed by atoms with Crippen molar-refractivity contribution >= 4 is 24.0 Å². The molecule has 0 aliphatic carbocycles. The fraction of sp³-hybridized carbons (Fsp3) is 0.273. The number of rotatable bonds is 10. The molecule has 0 bridgehead atoms. The maximum Gasteiger partial charge on any atom is 0.256 e. The number of hydrogen-bond acceptors (Lipinski definition) is 6. The number of carbonyl (C=O) groups excluding carboxylic acids is 1. The summed E-state index contributed by atoms with van der Waals surface area (Å²) in [6, 6.07) is 12.7. The average Bonchev–Trinajstić information content (AvgIpc) is 2.69. The van der Waals surface area contributed by atoms with Crippen molar-refractivity contribution in [3.05, 3.63) is 65.2 Å². The molecule has 2 rings (SSSR count). The molecule has 7 heteroatoms. The van der Waals surface area contributed by atoms with Crippen LogP contribution in [0.2, 0.25) is 0 Å². The molecule has 29 heavy (non-hydrogen) atoms. The zero-order valence-corrected chi connectivity index (χ0v) is 17.9. The van der Waals surface area contributed by atoms with E-state index in [9.17, 15) is 4.79 Å². The van der Waals surface area contributed by atoms with Crippen LogP contribution >= 0.6 is 11.8 Å². The SMILES string of the molecule is COCC(C)Oc1cc(Oc2ccc(C)cc2)cc(C(=O)NC=N/C=C\SC)c1. The van der Waals surface area contributed by atoms with Crippen molar-refractivity contribution in [3.63, 3.8) is 0 Å². The minimum absolute atomic E-state index is 0.177. The summed E-state index contributed by atoms with van der Waals surface area (Å²) in [5.41, 5.74) is 1.53. The van der Waals surface area contributed by atoms with Crippen LogP contribution in [0.5, 0.6) is 17.2 Å². The Morgan fingerprint density at radius 3 is 2.59 bits per heavy atom. The third-order valence-corrected chi connectivity index (χ3v) is 4.08. The Kier molecular flexibility index (Phi) is 9.27. The standard InChI is InChI=1S/C22H26N2O4S/c1-16-5-7-19(8-6-16)28-21-12-18(22(25)24-15-23-9-10-29-4)11-20(13-21)27-17(2)14-26-3/h5-13,15,17H,14H2,1-4H3,(H,23,24,25)/b10-9-. The Hall–Kier alpha value is -2.77. The number of aliphatic imine (C=N–C) groups is 1. The molecule has 0 fully saturated rings. The van der Waals surface area contributed by atoms with Crippen molar-refractivity contribution in [1.29, 1.82) is 0 Å². The number of aryl methyl sites for hydroxylation is 1. The van der Waals surface area contributed by atoms with Crippen molar-refractivity contribution in [1.82, 2.24) is 5.32 Å². The largest absolute Gasteiger partial charge is 0.488 e. The quantitative estimate of drug-likeness (QED) is 0.447. The highest BCUT2D eigenvalue weighted by Crippen LogP contribution is 2.28. The number of nitrogens with one attached hydrogen (secondary N) is 1. The second kappa shape index (κ2) is 11.9. The Labute approximate surface area is 176 Å². The highest BCUT2D eigenvalue weighted by Gasteiger charge is 2.12. The molecule has 6 nitrogen and oxygen atoms in total. The molecule has 0 aliphatic heterocycles. The fourth-order valence-corrected chi connectivity index (χ4v) is 2.58. The van der Waals surface area contributed by atoms with E-state index in [2.05, 4.69) is 10.3 Å². The first-order valence-electron chi connectivity index (χ1n) is 9.07. The van der Waals surface area contributed by atoms with Gasteiger partial charge in [0.05, 0.1) is 12.9 Å². The van der Waals surface area contributed by atoms with Crippen LogP contribution in [0, 0.1) is 6.92 Å². The minimum Gasteiger partial charge on any atom is -0.488 e. The van der Waals surface area contributed by atoms with E-state index < -0.39 is 0 Å². The number of nitrogens with zero attached hydrogens (tertiary/aromatic N) is 1. The third-order valence-electron chi connectivity index (χ3n) is 3.69. The minimum atomic E-state index is -0.315. The summed E-state index contributed by atoms with van der Waals surface area (Å²) in [5, 5.41) is 4.44. The van der Waals surface area contributed by atoms with Gasteiger partial charge in [-0.3, -0.25) is 4.79 Å². The van der Waals surface area contributed by atoms with E-state index in [1.54, 1.807) is 31.5 Å². The van der Waals surface area contributed by atoms with Crippen LogP contribution in [0.15, 0.2) is 59.1 Å². The second-order valence-corrected chi connectivity index (χ2v) is 7.01. The van der Waals surface area contributed by atoms with Gasteiger partial charge in [-0.15, -0.1) is 11.8 Å². The molecule has 0 radical (unpaired) electrons. The highest BCUT2D eigenvalue weighted by molar-refractivity contribution is 8.01. The summed E-state index contributed by atoms with van der Waals surface area (Å²) in [6.45, 7) is 4.33. The van der Waals surface area contributed by atoms with E-state index in [-0.39, 0.29) is 12.0 Å². The Balaban J connectivity index is 2.23. The third kappa shape index (κ3) is 8.01. The van der Waals surface area contributed by atoms with Gasteiger partial charge in [0.25, 0.3) is 5.91 Å². The van der Waals surface area contributed by atoms with Gasteiger partial charge >= 0.3 is 0 Å². The number of ether oxygens (including phenoxy) is 3. The van der Waals surface area contributed by atoms with Gasteiger partial charge in [0.15, 0.2) is 0 Å². The molecule has 0 saturated carbocycles. The van der Waals surface area contributed by atoms with Crippen molar-refractivity contribution < 1.29 is 19.0 Å². The highest BCUT2D eigenvalue weighted by atomic mass is 32.2. The number of benzene rings is 2. The summed E-state index contributed by atoms with van der Waals surface area (Å²) in [6.07, 6.45) is 4.69. The van der Waals surface area contributed by atoms with Gasteiger partial charge in [0, 0.05) is 24.9 Å². The number of thioether (sulfide) groups is 1. The molecule has 0 saturated heterocycles. The zero-order valence-electron chi connectivity index (χ0n) is 17.0. The van der Waals surface area contributed by atoms with Gasteiger partial charge in [0.1, 0.15) is 23.4 Å². The molecular formula is C22H26N2O4S. The van der Waals surface area contributed by atoms with Gasteiger partial charge in [-0.2, -0.15) is 0 Å². The van der Waals surface area contributed by atoms with E-state index in [4.69, 9.17) is 14.2 Å². The van der Waals surface area contributed by atoms with Crippen LogP contribution in [0.25, 0.3) is 0 Å². The van der Waals surface area contributed by atoms with Crippen LogP contribution in [-0.4, -0.2) is 38.3 Å². The molecule has 1 N–H and O–H groups in total. The monoisotopic (exact) mass is 414 g/mol. The lowest BCUT2D eigenvalue weighted by Crippen LogP contribution is -2.22. The molecule has 0 aliphatic rings. The molecule has 1 unspecified atom stereocenters. The van der Waals surface area contributed by atoms with E-state index in [0.29, 0.717) is 29.4 Å². The van der Waals surface area contributed by atoms with Gasteiger partial charge < -0.3 is 19.5 Å². The summed E-state index contributed by atoms with van der Waals surface area (Å²) in [5.74, 6) is 1.38. The number of methoxy groups -OCH3 is 1. The second-order valence-electron chi connectivity index (χ2n) is 6.26. The van der Waals surface area contributed by atoms with Crippen LogP contribution in [0.1, 0.15) is 22.8 Å². The maximum absolute atomic E-state index is 12.5. The summed E-state index contributed by atoms with van der Waals surface area (Å²) in [4.78, 5) is 16.5. The van der Waals surface area contributed by atoms with E-state index >= 15 is 0 Å². The predicted molar refractivity (Wildman–Crippen MR) is 118 cm³/mol. The van der Waals surface area contributed by atoms with Gasteiger partial charge in [-0.1, -0.05) is 17.7 Å². The van der Waals surface area contributed by atoms with Gasteiger partial charge in [0.2, 0.25) is 0 Å². The lowest BCUT2D eigenvalue weighted by molar-refractivity contribution is 0.0913. The Bertz CT molecular complexity index is 850.